The first-order valence-corrected chi connectivity index (χ1v) is 10.2. The minimum atomic E-state index is -3.50. The van der Waals surface area contributed by atoms with Gasteiger partial charge in [0, 0.05) is 26.3 Å². The third-order valence-corrected chi connectivity index (χ3v) is 6.16. The van der Waals surface area contributed by atoms with Crippen LogP contribution in [0.3, 0.4) is 0 Å². The summed E-state index contributed by atoms with van der Waals surface area (Å²) >= 11 is 0. The molecule has 0 spiro atoms. The van der Waals surface area contributed by atoms with Crippen molar-refractivity contribution >= 4 is 25.8 Å². The van der Waals surface area contributed by atoms with Crippen molar-refractivity contribution in [1.82, 2.24) is 9.62 Å². The molecule has 1 aliphatic heterocycles. The average molecular weight is 342 g/mol. The Hall–Kier alpha value is -0.710. The summed E-state index contributed by atoms with van der Waals surface area (Å²) in [6.07, 6.45) is 1.89. The molecule has 1 unspecified atom stereocenters. The summed E-state index contributed by atoms with van der Waals surface area (Å²) in [7, 11) is -5.06. The van der Waals surface area contributed by atoms with E-state index in [9.17, 15) is 21.6 Å². The van der Waals surface area contributed by atoms with Crippen LogP contribution in [-0.4, -0.2) is 77.7 Å². The van der Waals surface area contributed by atoms with Gasteiger partial charge in [0.1, 0.15) is 0 Å². The van der Waals surface area contributed by atoms with E-state index in [-0.39, 0.29) is 24.6 Å². The first-order valence-electron chi connectivity index (χ1n) is 6.58. The number of nitrogens with one attached hydrogen (secondary N) is 1. The van der Waals surface area contributed by atoms with Crippen LogP contribution in [0.4, 0.5) is 0 Å². The largest absolute Gasteiger partial charge is 0.385 e. The molecule has 1 rings (SSSR count). The van der Waals surface area contributed by atoms with Gasteiger partial charge in [0.15, 0.2) is 9.84 Å². The van der Waals surface area contributed by atoms with Crippen molar-refractivity contribution in [3.05, 3.63) is 0 Å². The molecule has 0 aromatic heterocycles. The van der Waals surface area contributed by atoms with Gasteiger partial charge < -0.3 is 10.1 Å². The number of hydrogen-bond acceptors (Lipinski definition) is 6. The molecule has 1 fully saturated rings. The van der Waals surface area contributed by atoms with E-state index >= 15 is 0 Å². The summed E-state index contributed by atoms with van der Waals surface area (Å²) in [4.78, 5) is 11.9. The van der Waals surface area contributed by atoms with Crippen LogP contribution in [0.1, 0.15) is 12.8 Å². The van der Waals surface area contributed by atoms with Gasteiger partial charge in [-0.3, -0.25) is 4.79 Å². The number of rotatable bonds is 8. The molecule has 0 aliphatic carbocycles. The highest BCUT2D eigenvalue weighted by Crippen LogP contribution is 2.11. The number of nitrogens with zero attached hydrogens (tertiary/aromatic N) is 1. The van der Waals surface area contributed by atoms with Crippen molar-refractivity contribution in [3.8, 4) is 0 Å². The maximum Gasteiger partial charge on any atom is 0.235 e. The van der Waals surface area contributed by atoms with Gasteiger partial charge in [-0.1, -0.05) is 0 Å². The molecule has 1 heterocycles. The molecule has 0 bridgehead atoms. The molecule has 124 valence electrons. The molecule has 1 saturated heterocycles. The molecule has 0 aromatic carbocycles. The van der Waals surface area contributed by atoms with E-state index < -0.39 is 31.8 Å². The molecule has 1 N–H and O–H groups in total. The number of hydrogen-bond donors (Lipinski definition) is 1. The number of sulfone groups is 1. The second-order valence-electron chi connectivity index (χ2n) is 5.11. The lowest BCUT2D eigenvalue weighted by molar-refractivity contribution is -0.121. The second-order valence-corrected chi connectivity index (χ2v) is 9.32. The Bertz CT molecular complexity index is 557. The number of amides is 1. The summed E-state index contributed by atoms with van der Waals surface area (Å²) in [6.45, 7) is 0.274. The van der Waals surface area contributed by atoms with Crippen LogP contribution in [0.15, 0.2) is 0 Å². The number of carbonyl (C=O) groups is 1. The molecule has 0 aromatic rings. The van der Waals surface area contributed by atoms with Crippen molar-refractivity contribution in [2.24, 2.45) is 0 Å². The number of methoxy groups -OCH3 is 1. The Labute approximate surface area is 125 Å². The van der Waals surface area contributed by atoms with E-state index in [1.807, 2.05) is 0 Å². The van der Waals surface area contributed by atoms with Crippen LogP contribution in [0.2, 0.25) is 0 Å². The minimum absolute atomic E-state index is 0.0571. The van der Waals surface area contributed by atoms with Crippen molar-refractivity contribution < 1.29 is 26.4 Å². The molecule has 0 radical (unpaired) electrons. The first kappa shape index (κ1) is 18.3. The lowest BCUT2D eigenvalue weighted by Crippen LogP contribution is -2.44. The predicted octanol–water partition coefficient (Wildman–Crippen LogP) is -1.41. The van der Waals surface area contributed by atoms with Crippen molar-refractivity contribution in [2.75, 3.05) is 44.6 Å². The molecule has 10 heteroatoms. The molecule has 8 nitrogen and oxygen atoms in total. The fourth-order valence-corrected chi connectivity index (χ4v) is 4.58. The van der Waals surface area contributed by atoms with Crippen LogP contribution >= 0.6 is 0 Å². The maximum absolute atomic E-state index is 11.9. The zero-order valence-corrected chi connectivity index (χ0v) is 13.9. The van der Waals surface area contributed by atoms with Gasteiger partial charge in [0.2, 0.25) is 15.9 Å². The lowest BCUT2D eigenvalue weighted by atomic mass is 10.2. The zero-order chi connectivity index (χ0) is 16.1. The molecule has 1 amide bonds. The highest BCUT2D eigenvalue weighted by molar-refractivity contribution is 7.91. The molecule has 0 saturated carbocycles. The summed E-state index contributed by atoms with van der Waals surface area (Å²) in [5.41, 5.74) is 0. The Morgan fingerprint density at radius 3 is 2.57 bits per heavy atom. The average Bonchev–Trinajstić information content (AvgIpc) is 2.66. The van der Waals surface area contributed by atoms with Crippen molar-refractivity contribution in [3.63, 3.8) is 0 Å². The van der Waals surface area contributed by atoms with Gasteiger partial charge in [-0.15, -0.1) is 0 Å². The summed E-state index contributed by atoms with van der Waals surface area (Å²) in [6, 6.07) is -0.428. The van der Waals surface area contributed by atoms with Gasteiger partial charge in [0.05, 0.1) is 24.3 Å². The molecular formula is C11H22N2O6S2. The Balaban J connectivity index is 2.52. The highest BCUT2D eigenvalue weighted by atomic mass is 32.2. The Kier molecular flexibility index (Phi) is 6.57. The van der Waals surface area contributed by atoms with E-state index in [2.05, 4.69) is 5.32 Å². The predicted molar refractivity (Wildman–Crippen MR) is 78.1 cm³/mol. The van der Waals surface area contributed by atoms with Gasteiger partial charge in [-0.2, -0.15) is 4.31 Å². The topological polar surface area (TPSA) is 110 Å². The van der Waals surface area contributed by atoms with Crippen LogP contribution in [-0.2, 0) is 29.4 Å². The summed E-state index contributed by atoms with van der Waals surface area (Å²) in [5, 5.41) is 2.57. The van der Waals surface area contributed by atoms with E-state index in [4.69, 9.17) is 4.74 Å². The van der Waals surface area contributed by atoms with E-state index in [0.29, 0.717) is 19.4 Å². The third-order valence-electron chi connectivity index (χ3n) is 3.14. The minimum Gasteiger partial charge on any atom is -0.385 e. The summed E-state index contributed by atoms with van der Waals surface area (Å²) < 4.78 is 51.7. The van der Waals surface area contributed by atoms with Crippen LogP contribution in [0, 0.1) is 0 Å². The molecular weight excluding hydrogens is 320 g/mol. The normalized spacial score (nSPS) is 21.6. The molecule has 1 aliphatic rings. The smallest absolute Gasteiger partial charge is 0.235 e. The van der Waals surface area contributed by atoms with Crippen molar-refractivity contribution in [1.29, 1.82) is 0 Å². The SMILES string of the molecule is COCCCN(CC(=O)NC1CCS(=O)(=O)C1)S(C)(=O)=O. The van der Waals surface area contributed by atoms with E-state index in [0.717, 1.165) is 10.6 Å². The zero-order valence-electron chi connectivity index (χ0n) is 12.2. The van der Waals surface area contributed by atoms with Gasteiger partial charge >= 0.3 is 0 Å². The van der Waals surface area contributed by atoms with Crippen LogP contribution < -0.4 is 5.32 Å². The van der Waals surface area contributed by atoms with E-state index in [1.165, 1.54) is 7.11 Å². The maximum atomic E-state index is 11.9. The van der Waals surface area contributed by atoms with E-state index in [1.54, 1.807) is 0 Å². The van der Waals surface area contributed by atoms with Crippen molar-refractivity contribution in [2.45, 2.75) is 18.9 Å². The molecule has 21 heavy (non-hydrogen) atoms. The van der Waals surface area contributed by atoms with Gasteiger partial charge in [0.25, 0.3) is 0 Å². The Morgan fingerprint density at radius 2 is 2.10 bits per heavy atom. The fourth-order valence-electron chi connectivity index (χ4n) is 2.09. The lowest BCUT2D eigenvalue weighted by Gasteiger charge is -2.20. The first-order chi connectivity index (χ1) is 9.64. The number of ether oxygens (including phenoxy) is 1. The Morgan fingerprint density at radius 1 is 1.43 bits per heavy atom. The van der Waals surface area contributed by atoms with Gasteiger partial charge in [-0.05, 0) is 12.8 Å². The monoisotopic (exact) mass is 342 g/mol. The van der Waals surface area contributed by atoms with Gasteiger partial charge in [-0.25, -0.2) is 16.8 Å². The molecule has 1 atom stereocenters. The number of carbonyl (C=O) groups excluding carboxylic acids is 1. The van der Waals surface area contributed by atoms with Crippen LogP contribution in [0.5, 0.6) is 0 Å². The quantitative estimate of drug-likeness (QED) is 0.543. The fraction of sp³-hybridized carbons (Fsp3) is 0.909. The van der Waals surface area contributed by atoms with Crippen LogP contribution in [0.25, 0.3) is 0 Å². The second kappa shape index (κ2) is 7.52. The highest BCUT2D eigenvalue weighted by Gasteiger charge is 2.29. The standard InChI is InChI=1S/C11H22N2O6S2/c1-19-6-3-5-13(20(2,15)16)8-11(14)12-10-4-7-21(17,18)9-10/h10H,3-9H2,1-2H3,(H,12,14). The summed E-state index contributed by atoms with van der Waals surface area (Å²) in [5.74, 6) is -0.511. The number of sulfonamides is 1. The third kappa shape index (κ3) is 6.72.